The zero-order chi connectivity index (χ0) is 19.9. The molecule has 2 N–H and O–H groups in total. The average molecular weight is 426 g/mol. The molecule has 6 nitrogen and oxygen atoms in total. The highest BCUT2D eigenvalue weighted by Gasteiger charge is 2.10. The van der Waals surface area contributed by atoms with Crippen molar-refractivity contribution < 1.29 is 13.2 Å². The number of nitrogens with zero attached hydrogens (tertiary/aromatic N) is 1. The second kappa shape index (κ2) is 10.9. The Kier molecular flexibility index (Phi) is 9.28. The van der Waals surface area contributed by atoms with E-state index in [-0.39, 0.29) is 18.3 Å². The molecule has 0 aliphatic heterocycles. The Morgan fingerprint density at radius 1 is 1.00 bits per heavy atom. The molecule has 28 heavy (non-hydrogen) atoms. The number of hydrogen-bond donors (Lipinski definition) is 2. The molecule has 2 aromatic carbocycles. The molecule has 0 aliphatic carbocycles. The molecule has 0 radical (unpaired) electrons. The van der Waals surface area contributed by atoms with Crippen LogP contribution < -0.4 is 14.9 Å². The van der Waals surface area contributed by atoms with Crippen molar-refractivity contribution in [2.24, 2.45) is 0 Å². The number of para-hydroxylation sites is 1. The largest absolute Gasteiger partial charge is 0.372 e. The molecule has 0 heterocycles. The number of hydrogen-bond acceptors (Lipinski definition) is 4. The molecule has 0 unspecified atom stereocenters. The van der Waals surface area contributed by atoms with Crippen LogP contribution in [0.2, 0.25) is 0 Å². The van der Waals surface area contributed by atoms with Crippen molar-refractivity contribution in [2.75, 3.05) is 35.5 Å². The minimum Gasteiger partial charge on any atom is -0.372 e. The number of amides is 1. The van der Waals surface area contributed by atoms with Crippen LogP contribution in [0.5, 0.6) is 0 Å². The third-order valence-corrected chi connectivity index (χ3v) is 4.83. The summed E-state index contributed by atoms with van der Waals surface area (Å²) in [5, 5.41) is 2.92. The van der Waals surface area contributed by atoms with Gasteiger partial charge in [-0.3, -0.25) is 9.52 Å². The van der Waals surface area contributed by atoms with Gasteiger partial charge >= 0.3 is 0 Å². The standard InChI is InChI=1S/C20H27N3O3S.ClH/c1-4-23(5-2)19-9-7-6-8-16(19)14-15-21-20(24)17-10-12-18(13-11-17)22-27(3,25)26;/h6-13,22H,4-5,14-15H2,1-3H3,(H,21,24);1H. The second-order valence-corrected chi connectivity index (χ2v) is 8.01. The Balaban J connectivity index is 0.00000392. The smallest absolute Gasteiger partial charge is 0.251 e. The molecule has 154 valence electrons. The number of nitrogens with one attached hydrogen (secondary N) is 2. The van der Waals surface area contributed by atoms with E-state index in [2.05, 4.69) is 40.9 Å². The molecule has 0 fully saturated rings. The van der Waals surface area contributed by atoms with Crippen LogP contribution in [0.4, 0.5) is 11.4 Å². The van der Waals surface area contributed by atoms with Crippen LogP contribution in [-0.2, 0) is 16.4 Å². The minimum atomic E-state index is -3.33. The molecule has 0 aromatic heterocycles. The van der Waals surface area contributed by atoms with Gasteiger partial charge in [-0.05, 0) is 56.2 Å². The molecule has 8 heteroatoms. The van der Waals surface area contributed by atoms with Crippen LogP contribution in [0.3, 0.4) is 0 Å². The summed E-state index contributed by atoms with van der Waals surface area (Å²) >= 11 is 0. The number of carbonyl (C=O) groups is 1. The Hall–Kier alpha value is -2.25. The fraction of sp³-hybridized carbons (Fsp3) is 0.350. The first-order chi connectivity index (χ1) is 12.8. The number of rotatable bonds is 9. The van der Waals surface area contributed by atoms with Crippen molar-refractivity contribution in [1.82, 2.24) is 5.32 Å². The zero-order valence-corrected chi connectivity index (χ0v) is 18.1. The lowest BCUT2D eigenvalue weighted by molar-refractivity contribution is 0.0954. The van der Waals surface area contributed by atoms with Gasteiger partial charge in [0.1, 0.15) is 0 Å². The summed E-state index contributed by atoms with van der Waals surface area (Å²) in [5.74, 6) is -0.179. The summed E-state index contributed by atoms with van der Waals surface area (Å²) in [7, 11) is -3.33. The average Bonchev–Trinajstić information content (AvgIpc) is 2.63. The fourth-order valence-electron chi connectivity index (χ4n) is 2.91. The number of halogens is 1. The van der Waals surface area contributed by atoms with Gasteiger partial charge in [0.25, 0.3) is 5.91 Å². The lowest BCUT2D eigenvalue weighted by atomic mass is 10.1. The maximum absolute atomic E-state index is 12.3. The maximum atomic E-state index is 12.3. The van der Waals surface area contributed by atoms with E-state index in [0.29, 0.717) is 17.8 Å². The van der Waals surface area contributed by atoms with E-state index in [1.807, 2.05) is 12.1 Å². The maximum Gasteiger partial charge on any atom is 0.251 e. The summed E-state index contributed by atoms with van der Waals surface area (Å²) in [6, 6.07) is 14.6. The van der Waals surface area contributed by atoms with Crippen molar-refractivity contribution >= 4 is 39.7 Å². The molecule has 1 amide bonds. The molecule has 0 saturated heterocycles. The van der Waals surface area contributed by atoms with E-state index < -0.39 is 10.0 Å². The van der Waals surface area contributed by atoms with Gasteiger partial charge in [-0.2, -0.15) is 0 Å². The van der Waals surface area contributed by atoms with Crippen molar-refractivity contribution in [3.8, 4) is 0 Å². The van der Waals surface area contributed by atoms with Crippen LogP contribution in [0.15, 0.2) is 48.5 Å². The fourth-order valence-corrected chi connectivity index (χ4v) is 3.48. The van der Waals surface area contributed by atoms with Crippen molar-refractivity contribution in [3.63, 3.8) is 0 Å². The van der Waals surface area contributed by atoms with Crippen LogP contribution in [0, 0.1) is 0 Å². The summed E-state index contributed by atoms with van der Waals surface area (Å²) in [4.78, 5) is 14.6. The molecule has 2 aromatic rings. The SMILES string of the molecule is CCN(CC)c1ccccc1CCNC(=O)c1ccc(NS(C)(=O)=O)cc1.Cl. The summed E-state index contributed by atoms with van der Waals surface area (Å²) in [6.45, 7) is 6.66. The molecule has 0 atom stereocenters. The quantitative estimate of drug-likeness (QED) is 0.646. The van der Waals surface area contributed by atoms with Crippen molar-refractivity contribution in [3.05, 3.63) is 59.7 Å². The highest BCUT2D eigenvalue weighted by atomic mass is 35.5. The highest BCUT2D eigenvalue weighted by molar-refractivity contribution is 7.92. The number of anilines is 2. The Morgan fingerprint density at radius 2 is 1.61 bits per heavy atom. The van der Waals surface area contributed by atoms with E-state index in [1.165, 1.54) is 11.3 Å². The monoisotopic (exact) mass is 425 g/mol. The van der Waals surface area contributed by atoms with E-state index in [1.54, 1.807) is 24.3 Å². The van der Waals surface area contributed by atoms with Gasteiger partial charge in [0, 0.05) is 36.6 Å². The van der Waals surface area contributed by atoms with Gasteiger partial charge in [-0.15, -0.1) is 12.4 Å². The molecule has 0 aliphatic rings. The van der Waals surface area contributed by atoms with Gasteiger partial charge < -0.3 is 10.2 Å². The van der Waals surface area contributed by atoms with Crippen molar-refractivity contribution in [2.45, 2.75) is 20.3 Å². The zero-order valence-electron chi connectivity index (χ0n) is 16.4. The van der Waals surface area contributed by atoms with E-state index in [0.717, 1.165) is 25.8 Å². The number of benzene rings is 2. The van der Waals surface area contributed by atoms with Crippen LogP contribution in [0.25, 0.3) is 0 Å². The first-order valence-electron chi connectivity index (χ1n) is 9.03. The molecular formula is C20H28ClN3O3S. The third-order valence-electron chi connectivity index (χ3n) is 4.23. The van der Waals surface area contributed by atoms with Gasteiger partial charge in [0.05, 0.1) is 6.26 Å². The van der Waals surface area contributed by atoms with Crippen LogP contribution >= 0.6 is 12.4 Å². The molecule has 0 spiro atoms. The van der Waals surface area contributed by atoms with E-state index >= 15 is 0 Å². The predicted octanol–water partition coefficient (Wildman–Crippen LogP) is 3.30. The second-order valence-electron chi connectivity index (χ2n) is 6.26. The first kappa shape index (κ1) is 23.8. The Labute approximate surface area is 173 Å². The molecular weight excluding hydrogens is 398 g/mol. The van der Waals surface area contributed by atoms with Gasteiger partial charge in [0.2, 0.25) is 10.0 Å². The number of carbonyl (C=O) groups excluding carboxylic acids is 1. The Bertz CT molecular complexity index is 867. The minimum absolute atomic E-state index is 0. The highest BCUT2D eigenvalue weighted by Crippen LogP contribution is 2.20. The van der Waals surface area contributed by atoms with Gasteiger partial charge in [0.15, 0.2) is 0 Å². The van der Waals surface area contributed by atoms with E-state index in [9.17, 15) is 13.2 Å². The van der Waals surface area contributed by atoms with Gasteiger partial charge in [-0.1, -0.05) is 18.2 Å². The summed E-state index contributed by atoms with van der Waals surface area (Å²) in [6.07, 6.45) is 1.83. The molecule has 0 saturated carbocycles. The predicted molar refractivity (Wildman–Crippen MR) is 118 cm³/mol. The number of sulfonamides is 1. The van der Waals surface area contributed by atoms with Crippen molar-refractivity contribution in [1.29, 1.82) is 0 Å². The lowest BCUT2D eigenvalue weighted by Crippen LogP contribution is -2.27. The Morgan fingerprint density at radius 3 is 2.18 bits per heavy atom. The topological polar surface area (TPSA) is 78.5 Å². The lowest BCUT2D eigenvalue weighted by Gasteiger charge is -2.24. The van der Waals surface area contributed by atoms with Gasteiger partial charge in [-0.25, -0.2) is 8.42 Å². The van der Waals surface area contributed by atoms with Crippen LogP contribution in [0.1, 0.15) is 29.8 Å². The third kappa shape index (κ3) is 7.05. The van der Waals surface area contributed by atoms with Crippen LogP contribution in [-0.4, -0.2) is 40.2 Å². The normalized spacial score (nSPS) is 10.7. The molecule has 0 bridgehead atoms. The van der Waals surface area contributed by atoms with E-state index in [4.69, 9.17) is 0 Å². The molecule has 2 rings (SSSR count). The summed E-state index contributed by atoms with van der Waals surface area (Å²) in [5.41, 5.74) is 3.33. The summed E-state index contributed by atoms with van der Waals surface area (Å²) < 4.78 is 24.8. The first-order valence-corrected chi connectivity index (χ1v) is 10.9.